The number of hydrogen-bond donors (Lipinski definition) is 1. The predicted octanol–water partition coefficient (Wildman–Crippen LogP) is 3.15. The van der Waals surface area contributed by atoms with Crippen LogP contribution in [-0.4, -0.2) is 44.2 Å². The summed E-state index contributed by atoms with van der Waals surface area (Å²) >= 11 is 0. The summed E-state index contributed by atoms with van der Waals surface area (Å²) < 4.78 is 160. The molecule has 0 heterocycles. The molecule has 15 heteroatoms. The Morgan fingerprint density at radius 1 is 0.783 bits per heavy atom. The molecule has 0 fully saturated rings. The highest BCUT2D eigenvalue weighted by molar-refractivity contribution is 7.90. The molecule has 0 unspecified atom stereocenters. The summed E-state index contributed by atoms with van der Waals surface area (Å²) in [6.07, 6.45) is -6.87. The number of rotatable bonds is 7. The third-order valence-corrected chi connectivity index (χ3v) is 3.74. The van der Waals surface area contributed by atoms with Gasteiger partial charge in [-0.05, 0) is 0 Å². The van der Waals surface area contributed by atoms with E-state index in [2.05, 4.69) is 6.58 Å². The van der Waals surface area contributed by atoms with Crippen LogP contribution in [0.2, 0.25) is 0 Å². The van der Waals surface area contributed by atoms with Crippen molar-refractivity contribution in [1.29, 1.82) is 0 Å². The Morgan fingerprint density at radius 3 is 1.48 bits per heavy atom. The van der Waals surface area contributed by atoms with Crippen molar-refractivity contribution < 1.29 is 56.7 Å². The topological polar surface area (TPSA) is 46.2 Å². The van der Waals surface area contributed by atoms with Crippen LogP contribution >= 0.6 is 0 Å². The fourth-order valence-electron chi connectivity index (χ4n) is 0.986. The molecule has 1 N–H and O–H groups in total. The van der Waals surface area contributed by atoms with Crippen molar-refractivity contribution in [1.82, 2.24) is 4.72 Å². The second-order valence-corrected chi connectivity index (χ2v) is 5.69. The van der Waals surface area contributed by atoms with Gasteiger partial charge >= 0.3 is 29.2 Å². The van der Waals surface area contributed by atoms with Gasteiger partial charge in [0.25, 0.3) is 10.0 Å². The third kappa shape index (κ3) is 3.12. The molecule has 0 aliphatic rings. The Bertz CT molecular complexity index is 551. The monoisotopic (exact) mass is 389 g/mol. The molecule has 0 saturated heterocycles. The van der Waals surface area contributed by atoms with Gasteiger partial charge in [-0.2, -0.15) is 48.3 Å². The Morgan fingerprint density at radius 2 is 1.17 bits per heavy atom. The van der Waals surface area contributed by atoms with E-state index in [1.165, 1.54) is 0 Å². The Labute approximate surface area is 121 Å². The lowest BCUT2D eigenvalue weighted by Crippen LogP contribution is -2.68. The van der Waals surface area contributed by atoms with Crippen LogP contribution in [0.1, 0.15) is 0 Å². The Hall–Kier alpha value is -1.12. The van der Waals surface area contributed by atoms with E-state index < -0.39 is 45.8 Å². The molecule has 0 aromatic rings. The minimum Gasteiger partial charge on any atom is -0.206 e. The molecule has 0 bridgehead atoms. The number of nitrogens with one attached hydrogen (secondary N) is 1. The van der Waals surface area contributed by atoms with E-state index in [-0.39, 0.29) is 0 Å². The van der Waals surface area contributed by atoms with E-state index in [0.29, 0.717) is 10.8 Å². The standard InChI is InChI=1S/C8H6F11NO2S/c1-2-3-20-23(21,22)8(18,19)6(13,14)4(9,10)5(11,12)7(15,16)17/h2,20H,1,3H2. The molecule has 0 aromatic carbocycles. The molecule has 23 heavy (non-hydrogen) atoms. The van der Waals surface area contributed by atoms with Gasteiger partial charge < -0.3 is 0 Å². The summed E-state index contributed by atoms with van der Waals surface area (Å²) in [6.45, 7) is 1.54. The first-order valence-electron chi connectivity index (χ1n) is 4.99. The average molecular weight is 389 g/mol. The van der Waals surface area contributed by atoms with Gasteiger partial charge in [-0.1, -0.05) is 6.08 Å². The van der Waals surface area contributed by atoms with Crippen LogP contribution in [0.5, 0.6) is 0 Å². The lowest BCUT2D eigenvalue weighted by atomic mass is 10.0. The van der Waals surface area contributed by atoms with Crippen molar-refractivity contribution in [3.63, 3.8) is 0 Å². The van der Waals surface area contributed by atoms with Crippen LogP contribution < -0.4 is 4.72 Å². The average Bonchev–Trinajstić information content (AvgIpc) is 2.34. The molecular formula is C8H6F11NO2S. The summed E-state index contributed by atoms with van der Waals surface area (Å²) in [6, 6.07) is 0. The van der Waals surface area contributed by atoms with Gasteiger partial charge in [-0.3, -0.25) is 0 Å². The molecule has 0 rings (SSSR count). The lowest BCUT2D eigenvalue weighted by Gasteiger charge is -2.36. The summed E-state index contributed by atoms with van der Waals surface area (Å²) in [4.78, 5) is 0. The summed E-state index contributed by atoms with van der Waals surface area (Å²) in [5, 5.41) is -7.00. The van der Waals surface area contributed by atoms with Gasteiger partial charge in [-0.15, -0.1) is 6.58 Å². The Balaban J connectivity index is 6.19. The molecule has 0 amide bonds. The third-order valence-electron chi connectivity index (χ3n) is 2.27. The predicted molar refractivity (Wildman–Crippen MR) is 53.0 cm³/mol. The van der Waals surface area contributed by atoms with Crippen molar-refractivity contribution in [3.05, 3.63) is 12.7 Å². The highest BCUT2D eigenvalue weighted by Gasteiger charge is 2.89. The number of hydrogen-bond acceptors (Lipinski definition) is 2. The summed E-state index contributed by atoms with van der Waals surface area (Å²) in [5.74, 6) is -23.0. The lowest BCUT2D eigenvalue weighted by molar-refractivity contribution is -0.413. The molecule has 0 aliphatic carbocycles. The summed E-state index contributed by atoms with van der Waals surface area (Å²) in [7, 11) is -6.75. The highest BCUT2D eigenvalue weighted by atomic mass is 32.2. The second-order valence-electron chi connectivity index (χ2n) is 3.88. The molecule has 0 radical (unpaired) electrons. The normalized spacial score (nSPS) is 15.6. The van der Waals surface area contributed by atoms with Gasteiger partial charge in [-0.25, -0.2) is 13.1 Å². The minimum absolute atomic E-state index is 0.480. The molecule has 0 spiro atoms. The van der Waals surface area contributed by atoms with Gasteiger partial charge in [0.15, 0.2) is 0 Å². The van der Waals surface area contributed by atoms with Crippen molar-refractivity contribution in [2.45, 2.75) is 29.2 Å². The first-order valence-corrected chi connectivity index (χ1v) is 6.47. The van der Waals surface area contributed by atoms with Crippen molar-refractivity contribution in [2.75, 3.05) is 6.54 Å². The molecule has 0 saturated carbocycles. The Kier molecular flexibility index (Phi) is 5.47. The van der Waals surface area contributed by atoms with E-state index in [4.69, 9.17) is 0 Å². The minimum atomic E-state index is -7.77. The van der Waals surface area contributed by atoms with Crippen LogP contribution in [0.3, 0.4) is 0 Å². The molecular weight excluding hydrogens is 383 g/mol. The van der Waals surface area contributed by atoms with E-state index in [1.54, 1.807) is 0 Å². The van der Waals surface area contributed by atoms with Crippen LogP contribution in [0.25, 0.3) is 0 Å². The van der Waals surface area contributed by atoms with E-state index in [0.717, 1.165) is 0 Å². The fourth-order valence-corrected chi connectivity index (χ4v) is 1.97. The largest absolute Gasteiger partial charge is 0.460 e. The zero-order chi connectivity index (χ0) is 19.1. The van der Waals surface area contributed by atoms with Gasteiger partial charge in [0.1, 0.15) is 0 Å². The number of sulfonamides is 1. The van der Waals surface area contributed by atoms with Crippen molar-refractivity contribution in [3.8, 4) is 0 Å². The smallest absolute Gasteiger partial charge is 0.206 e. The second kappa shape index (κ2) is 5.75. The van der Waals surface area contributed by atoms with Gasteiger partial charge in [0.2, 0.25) is 0 Å². The SMILES string of the molecule is C=CCNS(=O)(=O)C(F)(F)C(F)(F)C(F)(F)C(F)(F)C(F)(F)F. The number of alkyl halides is 11. The highest BCUT2D eigenvalue weighted by Crippen LogP contribution is 2.58. The van der Waals surface area contributed by atoms with Crippen molar-refractivity contribution in [2.24, 2.45) is 0 Å². The zero-order valence-electron chi connectivity index (χ0n) is 10.4. The van der Waals surface area contributed by atoms with Crippen LogP contribution in [0, 0.1) is 0 Å². The van der Waals surface area contributed by atoms with Crippen molar-refractivity contribution >= 4 is 10.0 Å². The first kappa shape index (κ1) is 21.9. The summed E-state index contributed by atoms with van der Waals surface area (Å²) in [5.41, 5.74) is 0. The van der Waals surface area contributed by atoms with E-state index in [9.17, 15) is 56.7 Å². The molecule has 0 aromatic heterocycles. The quantitative estimate of drug-likeness (QED) is 0.537. The number of halogens is 11. The van der Waals surface area contributed by atoms with Crippen LogP contribution in [0.15, 0.2) is 12.7 Å². The fraction of sp³-hybridized carbons (Fsp3) is 0.750. The maximum atomic E-state index is 13.1. The van der Waals surface area contributed by atoms with E-state index >= 15 is 0 Å². The van der Waals surface area contributed by atoms with Gasteiger partial charge in [0, 0.05) is 6.54 Å². The maximum Gasteiger partial charge on any atom is 0.460 e. The maximum absolute atomic E-state index is 13.1. The van der Waals surface area contributed by atoms with Crippen LogP contribution in [0.4, 0.5) is 48.3 Å². The van der Waals surface area contributed by atoms with Crippen LogP contribution in [-0.2, 0) is 10.0 Å². The molecule has 0 aliphatic heterocycles. The molecule has 3 nitrogen and oxygen atoms in total. The van der Waals surface area contributed by atoms with E-state index in [1.807, 2.05) is 0 Å². The molecule has 138 valence electrons. The molecule has 0 atom stereocenters. The zero-order valence-corrected chi connectivity index (χ0v) is 11.2. The van der Waals surface area contributed by atoms with Gasteiger partial charge in [0.05, 0.1) is 0 Å². The first-order chi connectivity index (χ1) is 9.81.